The van der Waals surface area contributed by atoms with Gasteiger partial charge in [-0.1, -0.05) is 50.5 Å². The number of hydrogen-bond donors (Lipinski definition) is 1. The van der Waals surface area contributed by atoms with E-state index in [1.165, 1.54) is 19.3 Å². The maximum atomic E-state index is 10.7. The van der Waals surface area contributed by atoms with Crippen LogP contribution in [0.25, 0.3) is 0 Å². The molecule has 0 saturated carbocycles. The third-order valence-corrected chi connectivity index (χ3v) is 3.81. The number of nitrogens with zero attached hydrogens (tertiary/aromatic N) is 1. The van der Waals surface area contributed by atoms with Crippen molar-refractivity contribution in [3.8, 4) is 0 Å². The monoisotopic (exact) mass is 325 g/mol. The largest absolute Gasteiger partial charge is 0.386 e. The van der Waals surface area contributed by atoms with Gasteiger partial charge in [0.15, 0.2) is 0 Å². The molecule has 0 aliphatic carbocycles. The second-order valence-electron chi connectivity index (χ2n) is 5.75. The smallest absolute Gasteiger partial charge is 0.238 e. The SMILES string of the molecule is CCC(C(O)C/C=C\C/C=C\CCCCCCCC=O)[N+](=O)[O-]. The summed E-state index contributed by atoms with van der Waals surface area (Å²) in [7, 11) is 0. The molecule has 0 aromatic rings. The van der Waals surface area contributed by atoms with Crippen LogP contribution in [0.2, 0.25) is 0 Å². The summed E-state index contributed by atoms with van der Waals surface area (Å²) in [5.41, 5.74) is 0. The number of hydrogen-bond acceptors (Lipinski definition) is 4. The van der Waals surface area contributed by atoms with E-state index >= 15 is 0 Å². The first-order valence-electron chi connectivity index (χ1n) is 8.68. The van der Waals surface area contributed by atoms with Crippen LogP contribution in [-0.2, 0) is 4.79 Å². The quantitative estimate of drug-likeness (QED) is 0.161. The van der Waals surface area contributed by atoms with Crippen LogP contribution in [0.4, 0.5) is 0 Å². The number of aliphatic hydroxyl groups is 1. The van der Waals surface area contributed by atoms with E-state index < -0.39 is 17.1 Å². The molecule has 0 spiro atoms. The third-order valence-electron chi connectivity index (χ3n) is 3.81. The lowest BCUT2D eigenvalue weighted by molar-refractivity contribution is -0.534. The highest BCUT2D eigenvalue weighted by atomic mass is 16.6. The lowest BCUT2D eigenvalue weighted by Crippen LogP contribution is -2.32. The van der Waals surface area contributed by atoms with Crippen LogP contribution in [0.3, 0.4) is 0 Å². The van der Waals surface area contributed by atoms with E-state index in [-0.39, 0.29) is 0 Å². The first-order valence-corrected chi connectivity index (χ1v) is 8.68. The molecule has 23 heavy (non-hydrogen) atoms. The topological polar surface area (TPSA) is 80.4 Å². The number of rotatable bonds is 15. The van der Waals surface area contributed by atoms with E-state index in [1.54, 1.807) is 6.92 Å². The van der Waals surface area contributed by atoms with Gasteiger partial charge in [-0.15, -0.1) is 0 Å². The van der Waals surface area contributed by atoms with Crippen molar-refractivity contribution in [3.63, 3.8) is 0 Å². The summed E-state index contributed by atoms with van der Waals surface area (Å²) in [6, 6.07) is -0.873. The molecule has 5 heteroatoms. The molecule has 0 aromatic heterocycles. The highest BCUT2D eigenvalue weighted by Gasteiger charge is 2.26. The number of unbranched alkanes of at least 4 members (excludes halogenated alkanes) is 6. The Morgan fingerprint density at radius 3 is 2.22 bits per heavy atom. The van der Waals surface area contributed by atoms with Gasteiger partial charge in [0.1, 0.15) is 12.4 Å². The molecular formula is C18H31NO4. The number of allylic oxidation sites excluding steroid dienone is 3. The zero-order valence-corrected chi connectivity index (χ0v) is 14.2. The summed E-state index contributed by atoms with van der Waals surface area (Å²) in [6.45, 7) is 1.71. The summed E-state index contributed by atoms with van der Waals surface area (Å²) in [5, 5.41) is 20.4. The van der Waals surface area contributed by atoms with Crippen molar-refractivity contribution >= 4 is 6.29 Å². The van der Waals surface area contributed by atoms with Crippen molar-refractivity contribution in [3.05, 3.63) is 34.4 Å². The number of aliphatic hydroxyl groups excluding tert-OH is 1. The molecule has 0 fully saturated rings. The summed E-state index contributed by atoms with van der Waals surface area (Å²) < 4.78 is 0. The van der Waals surface area contributed by atoms with Crippen LogP contribution in [0.15, 0.2) is 24.3 Å². The van der Waals surface area contributed by atoms with Gasteiger partial charge in [-0.2, -0.15) is 0 Å². The first kappa shape index (κ1) is 21.5. The molecule has 5 nitrogen and oxygen atoms in total. The molecule has 132 valence electrons. The van der Waals surface area contributed by atoms with Crippen LogP contribution in [0.1, 0.15) is 71.1 Å². The molecule has 0 radical (unpaired) electrons. The van der Waals surface area contributed by atoms with Gasteiger partial charge >= 0.3 is 0 Å². The van der Waals surface area contributed by atoms with E-state index in [2.05, 4.69) is 12.2 Å². The minimum absolute atomic E-state index is 0.327. The molecule has 1 N–H and O–H groups in total. The van der Waals surface area contributed by atoms with Crippen LogP contribution >= 0.6 is 0 Å². The standard InChI is InChI=1S/C18H31NO4/c1-2-17(19(22)23)18(21)15-13-11-9-7-5-3-4-6-8-10-12-14-16-20/h5,7,11,13,16-18,21H,2-4,6,8-10,12,14-15H2,1H3/b7-5-,13-11-. The molecule has 0 aliphatic heterocycles. The molecule has 0 bridgehead atoms. The average molecular weight is 325 g/mol. The number of nitro groups is 1. The lowest BCUT2D eigenvalue weighted by atomic mass is 10.1. The maximum absolute atomic E-state index is 10.7. The van der Waals surface area contributed by atoms with Crippen LogP contribution in [0.5, 0.6) is 0 Å². The normalized spacial score (nSPS) is 14.3. The average Bonchev–Trinajstić information content (AvgIpc) is 2.52. The zero-order valence-electron chi connectivity index (χ0n) is 14.2. The predicted octanol–water partition coefficient (Wildman–Crippen LogP) is 4.22. The Balaban J connectivity index is 3.58. The van der Waals surface area contributed by atoms with Crippen molar-refractivity contribution in [2.24, 2.45) is 0 Å². The molecule has 0 rings (SSSR count). The van der Waals surface area contributed by atoms with E-state index in [4.69, 9.17) is 0 Å². The Morgan fingerprint density at radius 1 is 1.00 bits per heavy atom. The summed E-state index contributed by atoms with van der Waals surface area (Å²) in [6.07, 6.45) is 17.0. The van der Waals surface area contributed by atoms with Crippen LogP contribution in [-0.4, -0.2) is 28.5 Å². The minimum atomic E-state index is -0.908. The van der Waals surface area contributed by atoms with E-state index in [0.29, 0.717) is 19.3 Å². The van der Waals surface area contributed by atoms with Crippen molar-refractivity contribution in [2.75, 3.05) is 0 Å². The van der Waals surface area contributed by atoms with Crippen molar-refractivity contribution in [1.29, 1.82) is 0 Å². The summed E-state index contributed by atoms with van der Waals surface area (Å²) >= 11 is 0. The fraction of sp³-hybridized carbons (Fsp3) is 0.722. The lowest BCUT2D eigenvalue weighted by Gasteiger charge is -2.12. The molecule has 0 saturated heterocycles. The highest BCUT2D eigenvalue weighted by molar-refractivity contribution is 5.48. The Labute approximate surface area is 139 Å². The van der Waals surface area contributed by atoms with Gasteiger partial charge in [0.25, 0.3) is 0 Å². The zero-order chi connectivity index (χ0) is 17.3. The van der Waals surface area contributed by atoms with Crippen LogP contribution in [0, 0.1) is 10.1 Å². The Hall–Kier alpha value is -1.49. The number of aldehydes is 1. The molecule has 0 amide bonds. The fourth-order valence-electron chi connectivity index (χ4n) is 2.36. The minimum Gasteiger partial charge on any atom is -0.386 e. The van der Waals surface area contributed by atoms with Gasteiger partial charge in [-0.25, -0.2) is 0 Å². The summed E-state index contributed by atoms with van der Waals surface area (Å²) in [4.78, 5) is 20.4. The number of carbonyl (C=O) groups is 1. The maximum Gasteiger partial charge on any atom is 0.238 e. The predicted molar refractivity (Wildman–Crippen MR) is 93.0 cm³/mol. The van der Waals surface area contributed by atoms with Gasteiger partial charge in [0.05, 0.1) is 0 Å². The highest BCUT2D eigenvalue weighted by Crippen LogP contribution is 2.09. The van der Waals surface area contributed by atoms with Crippen molar-refractivity contribution < 1.29 is 14.8 Å². The van der Waals surface area contributed by atoms with Crippen LogP contribution < -0.4 is 0 Å². The van der Waals surface area contributed by atoms with Gasteiger partial charge in [0, 0.05) is 17.8 Å². The molecule has 0 heterocycles. The number of carbonyl (C=O) groups excluding carboxylic acids is 1. The van der Waals surface area contributed by atoms with E-state index in [9.17, 15) is 20.0 Å². The molecule has 0 aromatic carbocycles. The Bertz CT molecular complexity index is 366. The summed E-state index contributed by atoms with van der Waals surface area (Å²) in [5.74, 6) is 0. The van der Waals surface area contributed by atoms with Crippen molar-refractivity contribution in [2.45, 2.75) is 83.3 Å². The van der Waals surface area contributed by atoms with Gasteiger partial charge in [-0.3, -0.25) is 10.1 Å². The molecule has 2 unspecified atom stereocenters. The Kier molecular flexibility index (Phi) is 14.4. The van der Waals surface area contributed by atoms with Gasteiger partial charge in [0.2, 0.25) is 6.04 Å². The third kappa shape index (κ3) is 12.7. The van der Waals surface area contributed by atoms with Crippen molar-refractivity contribution in [1.82, 2.24) is 0 Å². The molecular weight excluding hydrogens is 294 g/mol. The first-order chi connectivity index (χ1) is 11.1. The Morgan fingerprint density at radius 2 is 1.61 bits per heavy atom. The second kappa shape index (κ2) is 15.4. The molecule has 0 aliphatic rings. The van der Waals surface area contributed by atoms with E-state index in [0.717, 1.165) is 32.0 Å². The molecule has 2 atom stereocenters. The fourth-order valence-corrected chi connectivity index (χ4v) is 2.36. The van der Waals surface area contributed by atoms with Gasteiger partial charge < -0.3 is 9.90 Å². The van der Waals surface area contributed by atoms with Gasteiger partial charge in [-0.05, 0) is 32.1 Å². The van der Waals surface area contributed by atoms with E-state index in [1.807, 2.05) is 12.2 Å². The second-order valence-corrected chi connectivity index (χ2v) is 5.75.